The summed E-state index contributed by atoms with van der Waals surface area (Å²) in [5, 5.41) is 2.47. The van der Waals surface area contributed by atoms with Crippen LogP contribution in [0.1, 0.15) is 22.3 Å². The van der Waals surface area contributed by atoms with Crippen molar-refractivity contribution < 1.29 is 14.2 Å². The van der Waals surface area contributed by atoms with Crippen molar-refractivity contribution in [2.45, 2.75) is 12.5 Å². The summed E-state index contributed by atoms with van der Waals surface area (Å²) in [6.07, 6.45) is 4.51. The van der Waals surface area contributed by atoms with Crippen molar-refractivity contribution >= 4 is 28.2 Å². The molecule has 0 N–H and O–H groups in total. The average molecular weight is 519 g/mol. The fourth-order valence-corrected chi connectivity index (χ4v) is 6.18. The second kappa shape index (κ2) is 10.1. The van der Waals surface area contributed by atoms with Crippen LogP contribution in [0.25, 0.3) is 16.8 Å². The Balaban J connectivity index is 1.36. The average Bonchev–Trinajstić information content (AvgIpc) is 3.01. The normalized spacial score (nSPS) is 21.1. The van der Waals surface area contributed by atoms with Crippen molar-refractivity contribution in [2.75, 3.05) is 62.4 Å². The number of anilines is 2. The molecule has 0 saturated carbocycles. The Morgan fingerprint density at radius 2 is 1.36 bits per heavy atom. The second-order valence-electron chi connectivity index (χ2n) is 10.6. The Morgan fingerprint density at radius 1 is 0.667 bits per heavy atom. The van der Waals surface area contributed by atoms with E-state index in [9.17, 15) is 0 Å². The van der Waals surface area contributed by atoms with Gasteiger partial charge in [-0.15, -0.1) is 0 Å². The highest BCUT2D eigenvalue weighted by molar-refractivity contribution is 6.02. The van der Waals surface area contributed by atoms with E-state index in [1.54, 1.807) is 0 Å². The number of ether oxygens (including phenoxy) is 3. The first-order valence-corrected chi connectivity index (χ1v) is 14.0. The van der Waals surface area contributed by atoms with E-state index in [2.05, 4.69) is 108 Å². The summed E-state index contributed by atoms with van der Waals surface area (Å²) in [6, 6.07) is 28.5. The highest BCUT2D eigenvalue weighted by atomic mass is 16.5. The lowest BCUT2D eigenvalue weighted by molar-refractivity contribution is 0.122. The Bertz CT molecular complexity index is 1520. The van der Waals surface area contributed by atoms with Crippen LogP contribution in [0.5, 0.6) is 5.75 Å². The molecule has 0 spiro atoms. The van der Waals surface area contributed by atoms with Crippen LogP contribution in [0, 0.1) is 6.92 Å². The van der Waals surface area contributed by atoms with E-state index in [0.717, 1.165) is 75.0 Å². The molecule has 0 aromatic heterocycles. The molecule has 198 valence electrons. The quantitative estimate of drug-likeness (QED) is 0.323. The van der Waals surface area contributed by atoms with Crippen molar-refractivity contribution in [3.05, 3.63) is 107 Å². The summed E-state index contributed by atoms with van der Waals surface area (Å²) in [6.45, 7) is 8.78. The number of hydrogen-bond donors (Lipinski definition) is 0. The molecule has 4 aromatic carbocycles. The van der Waals surface area contributed by atoms with Gasteiger partial charge in [-0.1, -0.05) is 66.2 Å². The first-order chi connectivity index (χ1) is 19.2. The molecule has 1 unspecified atom stereocenters. The van der Waals surface area contributed by atoms with Gasteiger partial charge in [0.05, 0.1) is 26.4 Å². The lowest BCUT2D eigenvalue weighted by Crippen LogP contribution is -2.37. The minimum Gasteiger partial charge on any atom is -0.473 e. The van der Waals surface area contributed by atoms with Gasteiger partial charge in [0.25, 0.3) is 0 Å². The van der Waals surface area contributed by atoms with E-state index >= 15 is 0 Å². The Morgan fingerprint density at radius 3 is 2.08 bits per heavy atom. The van der Waals surface area contributed by atoms with E-state index < -0.39 is 5.60 Å². The zero-order valence-corrected chi connectivity index (χ0v) is 22.4. The largest absolute Gasteiger partial charge is 0.473 e. The predicted octanol–water partition coefficient (Wildman–Crippen LogP) is 6.17. The van der Waals surface area contributed by atoms with E-state index in [4.69, 9.17) is 14.2 Å². The van der Waals surface area contributed by atoms with Crippen molar-refractivity contribution in [1.29, 1.82) is 0 Å². The van der Waals surface area contributed by atoms with E-state index in [1.807, 2.05) is 0 Å². The van der Waals surface area contributed by atoms with Crippen LogP contribution < -0.4 is 14.5 Å². The smallest absolute Gasteiger partial charge is 0.178 e. The van der Waals surface area contributed by atoms with Crippen LogP contribution in [0.2, 0.25) is 0 Å². The van der Waals surface area contributed by atoms with Gasteiger partial charge in [0, 0.05) is 65.7 Å². The van der Waals surface area contributed by atoms with Gasteiger partial charge in [-0.05, 0) is 36.6 Å². The van der Waals surface area contributed by atoms with E-state index in [0.29, 0.717) is 0 Å². The molecule has 7 rings (SSSR count). The maximum Gasteiger partial charge on any atom is 0.178 e. The number of benzene rings is 4. The molecule has 3 aliphatic heterocycles. The third kappa shape index (κ3) is 4.36. The zero-order valence-electron chi connectivity index (χ0n) is 22.4. The van der Waals surface area contributed by atoms with Gasteiger partial charge in [-0.2, -0.15) is 0 Å². The van der Waals surface area contributed by atoms with Crippen LogP contribution in [0.3, 0.4) is 0 Å². The zero-order chi connectivity index (χ0) is 26.2. The van der Waals surface area contributed by atoms with Gasteiger partial charge in [0.2, 0.25) is 0 Å². The van der Waals surface area contributed by atoms with Gasteiger partial charge >= 0.3 is 0 Å². The molecule has 2 fully saturated rings. The van der Waals surface area contributed by atoms with Gasteiger partial charge in [-0.3, -0.25) is 0 Å². The molecule has 5 heteroatoms. The summed E-state index contributed by atoms with van der Waals surface area (Å²) >= 11 is 0. The Hall–Kier alpha value is -3.80. The molecule has 5 nitrogen and oxygen atoms in total. The minimum atomic E-state index is -0.729. The Labute approximate surface area is 230 Å². The number of morpholine rings is 2. The lowest BCUT2D eigenvalue weighted by atomic mass is 9.82. The molecule has 0 bridgehead atoms. The summed E-state index contributed by atoms with van der Waals surface area (Å²) in [4.78, 5) is 4.82. The maximum absolute atomic E-state index is 7.19. The van der Waals surface area contributed by atoms with Crippen LogP contribution >= 0.6 is 0 Å². The number of rotatable bonds is 4. The minimum absolute atomic E-state index is 0.729. The first-order valence-electron chi connectivity index (χ1n) is 14.0. The molecule has 1 atom stereocenters. The molecule has 0 aliphatic carbocycles. The molecule has 0 radical (unpaired) electrons. The van der Waals surface area contributed by atoms with Gasteiger partial charge < -0.3 is 24.0 Å². The molecular formula is C34H34N2O3. The van der Waals surface area contributed by atoms with E-state index in [-0.39, 0.29) is 0 Å². The number of fused-ring (bicyclic) bond motifs is 3. The second-order valence-corrected chi connectivity index (χ2v) is 10.6. The topological polar surface area (TPSA) is 34.2 Å². The molecule has 3 heterocycles. The summed E-state index contributed by atoms with van der Waals surface area (Å²) in [5.41, 5.74) is 6.31. The highest BCUT2D eigenvalue weighted by Crippen LogP contribution is 2.47. The van der Waals surface area contributed by atoms with Crippen LogP contribution in [0.4, 0.5) is 11.4 Å². The highest BCUT2D eigenvalue weighted by Gasteiger charge is 2.38. The van der Waals surface area contributed by atoms with Crippen molar-refractivity contribution in [2.24, 2.45) is 0 Å². The summed E-state index contributed by atoms with van der Waals surface area (Å²) in [5.74, 6) is 0.913. The third-order valence-electron chi connectivity index (χ3n) is 8.25. The monoisotopic (exact) mass is 518 g/mol. The van der Waals surface area contributed by atoms with Crippen LogP contribution in [0.15, 0.2) is 84.9 Å². The molecule has 3 aliphatic rings. The summed E-state index contributed by atoms with van der Waals surface area (Å²) < 4.78 is 18.4. The maximum atomic E-state index is 7.19. The van der Waals surface area contributed by atoms with Crippen molar-refractivity contribution in [1.82, 2.24) is 0 Å². The number of aryl methyl sites for hydroxylation is 1. The van der Waals surface area contributed by atoms with Crippen LogP contribution in [-0.2, 0) is 15.1 Å². The Kier molecular flexibility index (Phi) is 6.26. The third-order valence-corrected chi connectivity index (χ3v) is 8.25. The molecular weight excluding hydrogens is 484 g/mol. The fraction of sp³-hybridized carbons (Fsp3) is 0.294. The molecule has 4 aromatic rings. The van der Waals surface area contributed by atoms with E-state index in [1.165, 1.54) is 27.7 Å². The first kappa shape index (κ1) is 24.3. The van der Waals surface area contributed by atoms with Gasteiger partial charge in [0.1, 0.15) is 5.75 Å². The molecule has 2 saturated heterocycles. The number of hydrogen-bond acceptors (Lipinski definition) is 5. The van der Waals surface area contributed by atoms with Gasteiger partial charge in [0.15, 0.2) is 5.60 Å². The van der Waals surface area contributed by atoms with Crippen LogP contribution in [-0.4, -0.2) is 52.6 Å². The van der Waals surface area contributed by atoms with Crippen molar-refractivity contribution in [3.63, 3.8) is 0 Å². The lowest BCUT2D eigenvalue weighted by Gasteiger charge is -2.38. The van der Waals surface area contributed by atoms with Gasteiger partial charge in [-0.25, -0.2) is 0 Å². The van der Waals surface area contributed by atoms with Crippen molar-refractivity contribution in [3.8, 4) is 5.75 Å². The SMILES string of the molecule is Cc1cccc(C2(c3ccc(N4CCOCC4)cc3)C=Cc3c(cc(N4CCOCC4)c4ccccc34)O2)c1. The predicted molar refractivity (Wildman–Crippen MR) is 158 cm³/mol. The number of nitrogens with zero attached hydrogens (tertiary/aromatic N) is 2. The standard InChI is InChI=1S/C34H34N2O3/c1-25-5-4-6-27(23-25)34(26-9-11-28(12-10-26)35-15-19-37-20-16-35)14-13-31-29-7-2-3-8-30(29)32(24-33(31)39-34)36-17-21-38-22-18-36/h2-14,23-24H,15-22H2,1H3. The summed E-state index contributed by atoms with van der Waals surface area (Å²) in [7, 11) is 0. The molecule has 39 heavy (non-hydrogen) atoms. The fourth-order valence-electron chi connectivity index (χ4n) is 6.18. The molecule has 0 amide bonds.